The Morgan fingerprint density at radius 1 is 1.33 bits per heavy atom. The van der Waals surface area contributed by atoms with E-state index in [1.807, 2.05) is 18.4 Å². The van der Waals surface area contributed by atoms with Crippen LogP contribution in [-0.4, -0.2) is 68.1 Å². The molecule has 3 rings (SSSR count). The summed E-state index contributed by atoms with van der Waals surface area (Å²) in [6.45, 7) is 8.81. The molecule has 2 atom stereocenters. The minimum absolute atomic E-state index is 0.524. The molecule has 2 heterocycles. The van der Waals surface area contributed by atoms with E-state index < -0.39 is 0 Å². The predicted octanol–water partition coefficient (Wildman–Crippen LogP) is 3.17. The lowest BCUT2D eigenvalue weighted by Gasteiger charge is -2.39. The molecule has 0 aromatic carbocycles. The number of nitrogens with zero attached hydrogens (tertiary/aromatic N) is 3. The highest BCUT2D eigenvalue weighted by Crippen LogP contribution is 2.36. The van der Waals surface area contributed by atoms with E-state index >= 15 is 0 Å². The third-order valence-corrected chi connectivity index (χ3v) is 6.88. The normalized spacial score (nSPS) is 24.6. The van der Waals surface area contributed by atoms with Gasteiger partial charge >= 0.3 is 0 Å². The Morgan fingerprint density at radius 3 is 2.78 bits per heavy atom. The summed E-state index contributed by atoms with van der Waals surface area (Å²) >= 11 is 1.88. The van der Waals surface area contributed by atoms with Crippen molar-refractivity contribution < 1.29 is 0 Å². The molecule has 2 N–H and O–H groups in total. The van der Waals surface area contributed by atoms with Crippen LogP contribution in [0.3, 0.4) is 0 Å². The molecule has 0 amide bonds. The van der Waals surface area contributed by atoms with E-state index in [0.29, 0.717) is 18.0 Å². The quantitative estimate of drug-likeness (QED) is 0.528. The van der Waals surface area contributed by atoms with Crippen LogP contribution in [0.2, 0.25) is 0 Å². The molecule has 1 saturated carbocycles. The van der Waals surface area contributed by atoms with Gasteiger partial charge in [0.15, 0.2) is 5.96 Å². The van der Waals surface area contributed by atoms with Crippen LogP contribution in [0.25, 0.3) is 0 Å². The molecule has 0 spiro atoms. The standard InChI is InChI=1S/C21H37N5S/c1-16(2)26(18-9-10-18)13-11-23-21(22-3)24-15-17-7-5-12-25(4)20(17)19-8-6-14-27-19/h6,8,14,16-18,20H,5,7,9-13,15H2,1-4H3,(H2,22,23,24). The third kappa shape index (κ3) is 5.69. The van der Waals surface area contributed by atoms with Crippen molar-refractivity contribution in [1.82, 2.24) is 20.4 Å². The zero-order chi connectivity index (χ0) is 19.2. The average Bonchev–Trinajstić information content (AvgIpc) is 3.34. The molecule has 152 valence electrons. The van der Waals surface area contributed by atoms with Gasteiger partial charge in [0.05, 0.1) is 0 Å². The van der Waals surface area contributed by atoms with Crippen molar-refractivity contribution in [2.24, 2.45) is 10.9 Å². The van der Waals surface area contributed by atoms with Crippen LogP contribution in [-0.2, 0) is 0 Å². The molecule has 2 unspecified atom stereocenters. The first-order valence-electron chi connectivity index (χ1n) is 10.5. The maximum Gasteiger partial charge on any atom is 0.191 e. The van der Waals surface area contributed by atoms with Gasteiger partial charge in [-0.05, 0) is 70.5 Å². The fourth-order valence-corrected chi connectivity index (χ4v) is 5.39. The molecule has 1 saturated heterocycles. The molecule has 1 aliphatic carbocycles. The molecule has 2 aliphatic rings. The summed E-state index contributed by atoms with van der Waals surface area (Å²) in [6, 6.07) is 6.42. The monoisotopic (exact) mass is 391 g/mol. The van der Waals surface area contributed by atoms with E-state index in [4.69, 9.17) is 0 Å². The van der Waals surface area contributed by atoms with Gasteiger partial charge in [-0.25, -0.2) is 0 Å². The number of likely N-dealkylation sites (tertiary alicyclic amines) is 1. The van der Waals surface area contributed by atoms with E-state index in [-0.39, 0.29) is 0 Å². The Balaban J connectivity index is 1.48. The van der Waals surface area contributed by atoms with Gasteiger partial charge in [-0.2, -0.15) is 0 Å². The van der Waals surface area contributed by atoms with Crippen molar-refractivity contribution >= 4 is 17.3 Å². The number of nitrogens with one attached hydrogen (secondary N) is 2. The first kappa shape index (κ1) is 20.6. The second kappa shape index (κ2) is 9.89. The van der Waals surface area contributed by atoms with E-state index in [1.165, 1.54) is 37.1 Å². The fourth-order valence-electron chi connectivity index (χ4n) is 4.40. The zero-order valence-corrected chi connectivity index (χ0v) is 18.3. The summed E-state index contributed by atoms with van der Waals surface area (Å²) < 4.78 is 0. The Hall–Kier alpha value is -1.11. The predicted molar refractivity (Wildman–Crippen MR) is 117 cm³/mol. The topological polar surface area (TPSA) is 42.9 Å². The van der Waals surface area contributed by atoms with Gasteiger partial charge in [0.1, 0.15) is 0 Å². The zero-order valence-electron chi connectivity index (χ0n) is 17.4. The number of rotatable bonds is 8. The maximum atomic E-state index is 4.45. The van der Waals surface area contributed by atoms with Crippen molar-refractivity contribution in [2.45, 2.75) is 57.7 Å². The van der Waals surface area contributed by atoms with Crippen molar-refractivity contribution in [1.29, 1.82) is 0 Å². The smallest absolute Gasteiger partial charge is 0.191 e. The van der Waals surface area contributed by atoms with Crippen LogP contribution in [0.15, 0.2) is 22.5 Å². The van der Waals surface area contributed by atoms with Crippen LogP contribution in [0.5, 0.6) is 0 Å². The van der Waals surface area contributed by atoms with Crippen LogP contribution < -0.4 is 10.6 Å². The number of guanidine groups is 1. The average molecular weight is 392 g/mol. The van der Waals surface area contributed by atoms with Crippen molar-refractivity contribution in [3.63, 3.8) is 0 Å². The van der Waals surface area contributed by atoms with Gasteiger partial charge < -0.3 is 10.6 Å². The first-order chi connectivity index (χ1) is 13.1. The number of thiophene rings is 1. The largest absolute Gasteiger partial charge is 0.356 e. The first-order valence-corrected chi connectivity index (χ1v) is 11.4. The molecule has 0 radical (unpaired) electrons. The SMILES string of the molecule is CN=C(NCCN(C(C)C)C1CC1)NCC1CCCN(C)C1c1cccs1. The van der Waals surface area contributed by atoms with Crippen molar-refractivity contribution in [3.8, 4) is 0 Å². The Labute approximate surface area is 169 Å². The summed E-state index contributed by atoms with van der Waals surface area (Å²) in [4.78, 5) is 11.1. The maximum absolute atomic E-state index is 4.45. The molecular weight excluding hydrogens is 354 g/mol. The molecule has 1 aromatic rings. The summed E-state index contributed by atoms with van der Waals surface area (Å²) in [5, 5.41) is 9.32. The van der Waals surface area contributed by atoms with Gasteiger partial charge in [-0.15, -0.1) is 11.3 Å². The minimum atomic E-state index is 0.524. The van der Waals surface area contributed by atoms with Crippen LogP contribution >= 0.6 is 11.3 Å². The number of hydrogen-bond donors (Lipinski definition) is 2. The highest BCUT2D eigenvalue weighted by Gasteiger charge is 2.32. The Bertz CT molecular complexity index is 579. The Kier molecular flexibility index (Phi) is 7.56. The molecule has 0 bridgehead atoms. The number of piperidine rings is 1. The van der Waals surface area contributed by atoms with E-state index in [9.17, 15) is 0 Å². The van der Waals surface area contributed by atoms with Gasteiger partial charge in [0.25, 0.3) is 0 Å². The second-order valence-corrected chi connectivity index (χ2v) is 9.27. The van der Waals surface area contributed by atoms with Crippen LogP contribution in [0.4, 0.5) is 0 Å². The third-order valence-electron chi connectivity index (χ3n) is 5.94. The van der Waals surface area contributed by atoms with Gasteiger partial charge in [0, 0.05) is 49.7 Å². The van der Waals surface area contributed by atoms with E-state index in [1.54, 1.807) is 0 Å². The molecule has 2 fully saturated rings. The fraction of sp³-hybridized carbons (Fsp3) is 0.762. The summed E-state index contributed by atoms with van der Waals surface area (Å²) in [5.41, 5.74) is 0. The summed E-state index contributed by atoms with van der Waals surface area (Å²) in [5.74, 6) is 1.56. The highest BCUT2D eigenvalue weighted by molar-refractivity contribution is 7.10. The molecular formula is C21H37N5S. The van der Waals surface area contributed by atoms with Crippen molar-refractivity contribution in [3.05, 3.63) is 22.4 Å². The number of aliphatic imine (C=N–C) groups is 1. The Morgan fingerprint density at radius 2 is 2.15 bits per heavy atom. The molecule has 1 aliphatic heterocycles. The highest BCUT2D eigenvalue weighted by atomic mass is 32.1. The van der Waals surface area contributed by atoms with E-state index in [2.05, 4.69) is 63.8 Å². The van der Waals surface area contributed by atoms with E-state index in [0.717, 1.165) is 31.6 Å². The molecule has 5 nitrogen and oxygen atoms in total. The summed E-state index contributed by atoms with van der Waals surface area (Å²) in [6.07, 6.45) is 5.29. The molecule has 6 heteroatoms. The van der Waals surface area contributed by atoms with Crippen LogP contribution in [0, 0.1) is 5.92 Å². The summed E-state index contributed by atoms with van der Waals surface area (Å²) in [7, 11) is 4.14. The van der Waals surface area contributed by atoms with Gasteiger partial charge in [-0.3, -0.25) is 14.8 Å². The van der Waals surface area contributed by atoms with Crippen LogP contribution in [0.1, 0.15) is 50.4 Å². The second-order valence-electron chi connectivity index (χ2n) is 8.29. The van der Waals surface area contributed by atoms with Crippen molar-refractivity contribution in [2.75, 3.05) is 40.3 Å². The lowest BCUT2D eigenvalue weighted by molar-refractivity contribution is 0.125. The molecule has 27 heavy (non-hydrogen) atoms. The van der Waals surface area contributed by atoms with Gasteiger partial charge in [-0.1, -0.05) is 6.07 Å². The van der Waals surface area contributed by atoms with Gasteiger partial charge in [0.2, 0.25) is 0 Å². The molecule has 1 aromatic heterocycles. The minimum Gasteiger partial charge on any atom is -0.356 e. The number of hydrogen-bond acceptors (Lipinski definition) is 4. The lowest BCUT2D eigenvalue weighted by atomic mass is 9.88. The lowest BCUT2D eigenvalue weighted by Crippen LogP contribution is -2.47.